The van der Waals surface area contributed by atoms with Crippen molar-refractivity contribution < 1.29 is 14.4 Å². The molecule has 27 heavy (non-hydrogen) atoms. The number of carbonyl (C=O) groups excluding carboxylic acids is 1. The Morgan fingerprint density at radius 3 is 2.44 bits per heavy atom. The fourth-order valence-corrected chi connectivity index (χ4v) is 3.15. The summed E-state index contributed by atoms with van der Waals surface area (Å²) in [5, 5.41) is 7.69. The number of carbonyl (C=O) groups is 1. The summed E-state index contributed by atoms with van der Waals surface area (Å²) < 4.78 is 9.66. The molecule has 0 spiro atoms. The lowest BCUT2D eigenvalue weighted by Crippen LogP contribution is -3.09. The number of aromatic nitrogens is 3. The van der Waals surface area contributed by atoms with E-state index >= 15 is 0 Å². The van der Waals surface area contributed by atoms with Gasteiger partial charge in [-0.3, -0.25) is 4.79 Å². The van der Waals surface area contributed by atoms with E-state index < -0.39 is 0 Å². The van der Waals surface area contributed by atoms with Crippen LogP contribution in [0.15, 0.2) is 24.3 Å². The number of amides is 1. The molecule has 0 saturated heterocycles. The van der Waals surface area contributed by atoms with Gasteiger partial charge in [0, 0.05) is 17.6 Å². The van der Waals surface area contributed by atoms with Crippen LogP contribution in [0, 0.1) is 4.77 Å². The minimum Gasteiger partial charge on any atom is -0.497 e. The number of hydrogen-bond donors (Lipinski definition) is 2. The predicted octanol–water partition coefficient (Wildman–Crippen LogP) is 1.50. The van der Waals surface area contributed by atoms with Crippen molar-refractivity contribution in [3.05, 3.63) is 29.0 Å². The molecule has 1 amide bonds. The summed E-state index contributed by atoms with van der Waals surface area (Å²) in [5.41, 5.74) is 0.740. The molecule has 0 aliphatic heterocycles. The second-order valence-electron chi connectivity index (χ2n) is 7.67. The third-order valence-electron chi connectivity index (χ3n) is 3.98. The van der Waals surface area contributed by atoms with Crippen LogP contribution in [0.2, 0.25) is 0 Å². The quantitative estimate of drug-likeness (QED) is 0.701. The minimum atomic E-state index is -0.237. The van der Waals surface area contributed by atoms with Gasteiger partial charge in [0.15, 0.2) is 19.0 Å². The van der Waals surface area contributed by atoms with Crippen molar-refractivity contribution in [2.45, 2.75) is 46.4 Å². The highest BCUT2D eigenvalue weighted by Crippen LogP contribution is 2.21. The molecule has 2 rings (SSSR count). The third kappa shape index (κ3) is 5.64. The lowest BCUT2D eigenvalue weighted by Gasteiger charge is -2.21. The largest absolute Gasteiger partial charge is 0.497 e. The van der Waals surface area contributed by atoms with Gasteiger partial charge in [-0.25, -0.2) is 0 Å². The van der Waals surface area contributed by atoms with Gasteiger partial charge in [0.25, 0.3) is 5.91 Å². The molecule has 0 fully saturated rings. The van der Waals surface area contributed by atoms with Crippen LogP contribution in [-0.4, -0.2) is 46.5 Å². The number of ether oxygens (including phenoxy) is 1. The normalized spacial score (nSPS) is 12.7. The topological polar surface area (TPSA) is 65.5 Å². The number of rotatable bonds is 7. The van der Waals surface area contributed by atoms with E-state index in [4.69, 9.17) is 22.1 Å². The van der Waals surface area contributed by atoms with E-state index in [1.807, 2.05) is 63.6 Å². The Hall–Kier alpha value is -2.19. The van der Waals surface area contributed by atoms with Crippen LogP contribution in [0.4, 0.5) is 0 Å². The SMILES string of the molecule is CCn1c(-c2ccc(OC)cc2)nn(C[NH+](C)CC(=O)NC(C)(C)C)c1=S. The number of nitrogens with zero attached hydrogens (tertiary/aromatic N) is 3. The molecular weight excluding hydrogens is 362 g/mol. The molecule has 1 heterocycles. The standard InChI is InChI=1S/C19H29N5O2S/c1-7-23-17(14-8-10-15(26-6)11-9-14)21-24(18(23)27)13-22(5)12-16(25)20-19(2,3)4/h8-11H,7,12-13H2,1-6H3,(H,20,25)/p+1. The highest BCUT2D eigenvalue weighted by molar-refractivity contribution is 7.71. The van der Waals surface area contributed by atoms with E-state index in [9.17, 15) is 4.79 Å². The van der Waals surface area contributed by atoms with Crippen molar-refractivity contribution in [1.82, 2.24) is 19.7 Å². The number of likely N-dealkylation sites (N-methyl/N-ethyl adjacent to an activating group) is 1. The highest BCUT2D eigenvalue weighted by atomic mass is 32.1. The number of methoxy groups -OCH3 is 1. The van der Waals surface area contributed by atoms with E-state index in [2.05, 4.69) is 5.32 Å². The summed E-state index contributed by atoms with van der Waals surface area (Å²) >= 11 is 5.61. The second-order valence-corrected chi connectivity index (χ2v) is 8.03. The third-order valence-corrected chi connectivity index (χ3v) is 4.41. The molecule has 0 bridgehead atoms. The van der Waals surface area contributed by atoms with Gasteiger partial charge >= 0.3 is 0 Å². The van der Waals surface area contributed by atoms with Crippen LogP contribution >= 0.6 is 12.2 Å². The van der Waals surface area contributed by atoms with Crippen molar-refractivity contribution in [3.63, 3.8) is 0 Å². The highest BCUT2D eigenvalue weighted by Gasteiger charge is 2.19. The Kier molecular flexibility index (Phi) is 6.78. The summed E-state index contributed by atoms with van der Waals surface area (Å²) in [5.74, 6) is 1.63. The molecule has 0 radical (unpaired) electrons. The van der Waals surface area contributed by atoms with E-state index in [0.717, 1.165) is 28.6 Å². The maximum absolute atomic E-state index is 12.1. The first-order valence-electron chi connectivity index (χ1n) is 9.09. The molecule has 2 aromatic rings. The van der Waals surface area contributed by atoms with Gasteiger partial charge in [-0.05, 0) is 64.2 Å². The second kappa shape index (κ2) is 8.67. The van der Waals surface area contributed by atoms with Crippen molar-refractivity contribution >= 4 is 18.1 Å². The molecule has 1 atom stereocenters. The van der Waals surface area contributed by atoms with Crippen LogP contribution in [0.25, 0.3) is 11.4 Å². The molecule has 0 aliphatic rings. The van der Waals surface area contributed by atoms with Gasteiger partial charge in [0.1, 0.15) is 5.75 Å². The van der Waals surface area contributed by atoms with Crippen molar-refractivity contribution in [1.29, 1.82) is 0 Å². The average Bonchev–Trinajstić information content (AvgIpc) is 2.88. The molecule has 0 aliphatic carbocycles. The van der Waals surface area contributed by atoms with Gasteiger partial charge in [0.2, 0.25) is 4.77 Å². The molecule has 7 nitrogen and oxygen atoms in total. The molecule has 1 aromatic carbocycles. The lowest BCUT2D eigenvalue weighted by molar-refractivity contribution is -0.895. The van der Waals surface area contributed by atoms with Crippen LogP contribution in [-0.2, 0) is 18.0 Å². The molecular formula is C19H30N5O2S+. The molecule has 1 unspecified atom stereocenters. The number of nitrogens with one attached hydrogen (secondary N) is 2. The van der Waals surface area contributed by atoms with E-state index in [1.54, 1.807) is 11.8 Å². The van der Waals surface area contributed by atoms with Gasteiger partial charge < -0.3 is 19.5 Å². The number of hydrogen-bond acceptors (Lipinski definition) is 4. The van der Waals surface area contributed by atoms with Crippen molar-refractivity contribution in [2.24, 2.45) is 0 Å². The summed E-state index contributed by atoms with van der Waals surface area (Å²) in [7, 11) is 3.60. The van der Waals surface area contributed by atoms with Crippen LogP contribution in [0.5, 0.6) is 5.75 Å². The molecule has 2 N–H and O–H groups in total. The molecule has 148 valence electrons. The first kappa shape index (κ1) is 21.1. The van der Waals surface area contributed by atoms with Gasteiger partial charge in [0.05, 0.1) is 14.2 Å². The maximum Gasteiger partial charge on any atom is 0.275 e. The van der Waals surface area contributed by atoms with E-state index in [-0.39, 0.29) is 11.4 Å². The first-order valence-corrected chi connectivity index (χ1v) is 9.49. The fourth-order valence-electron chi connectivity index (χ4n) is 2.83. The summed E-state index contributed by atoms with van der Waals surface area (Å²) in [6, 6.07) is 7.76. The molecule has 8 heteroatoms. The Morgan fingerprint density at radius 2 is 1.93 bits per heavy atom. The Bertz CT molecular complexity index is 833. The van der Waals surface area contributed by atoms with E-state index in [1.165, 1.54) is 0 Å². The smallest absolute Gasteiger partial charge is 0.275 e. The van der Waals surface area contributed by atoms with Crippen molar-refractivity contribution in [2.75, 3.05) is 20.7 Å². The maximum atomic E-state index is 12.1. The number of benzene rings is 1. The van der Waals surface area contributed by atoms with Crippen LogP contribution < -0.4 is 15.0 Å². The lowest BCUT2D eigenvalue weighted by atomic mass is 10.1. The average molecular weight is 393 g/mol. The zero-order valence-corrected chi connectivity index (χ0v) is 17.8. The zero-order chi connectivity index (χ0) is 20.2. The Balaban J connectivity index is 2.19. The summed E-state index contributed by atoms with van der Waals surface area (Å²) in [6.07, 6.45) is 0. The van der Waals surface area contributed by atoms with Crippen LogP contribution in [0.1, 0.15) is 27.7 Å². The Labute approximate surface area is 165 Å². The number of quaternary nitrogens is 1. The van der Waals surface area contributed by atoms with E-state index in [0.29, 0.717) is 18.0 Å². The summed E-state index contributed by atoms with van der Waals surface area (Å²) in [4.78, 5) is 13.2. The van der Waals surface area contributed by atoms with Crippen molar-refractivity contribution in [3.8, 4) is 17.1 Å². The summed E-state index contributed by atoms with van der Waals surface area (Å²) in [6.45, 7) is 9.57. The zero-order valence-electron chi connectivity index (χ0n) is 17.0. The van der Waals surface area contributed by atoms with Gasteiger partial charge in [-0.1, -0.05) is 0 Å². The predicted molar refractivity (Wildman–Crippen MR) is 108 cm³/mol. The fraction of sp³-hybridized carbons (Fsp3) is 0.526. The van der Waals surface area contributed by atoms with Crippen LogP contribution in [0.3, 0.4) is 0 Å². The minimum absolute atomic E-state index is 0.0109. The van der Waals surface area contributed by atoms with Gasteiger partial charge in [-0.15, -0.1) is 5.10 Å². The monoisotopic (exact) mass is 392 g/mol. The van der Waals surface area contributed by atoms with Gasteiger partial charge in [-0.2, -0.15) is 4.68 Å². The first-order chi connectivity index (χ1) is 12.6. The molecule has 1 aromatic heterocycles. The molecule has 0 saturated carbocycles. The Morgan fingerprint density at radius 1 is 1.30 bits per heavy atom.